The lowest BCUT2D eigenvalue weighted by Crippen LogP contribution is -2.21. The smallest absolute Gasteiger partial charge is 0.190 e. The Labute approximate surface area is 108 Å². The molecule has 0 heterocycles. The number of carbonyl (C=O) groups excluding carboxylic acids is 1. The average molecular weight is 236 g/mol. The molecule has 1 heteroatoms. The van der Waals surface area contributed by atoms with Gasteiger partial charge in [0.1, 0.15) is 0 Å². The highest BCUT2D eigenvalue weighted by molar-refractivity contribution is 6.26. The largest absolute Gasteiger partial charge is 0.289 e. The van der Waals surface area contributed by atoms with Crippen LogP contribution in [0, 0.1) is 5.41 Å². The van der Waals surface area contributed by atoms with Crippen molar-refractivity contribution in [3.05, 3.63) is 58.7 Å². The first-order chi connectivity index (χ1) is 8.48. The fraction of sp³-hybridized carbons (Fsp3) is 0.235. The van der Waals surface area contributed by atoms with E-state index in [1.807, 2.05) is 24.3 Å². The van der Waals surface area contributed by atoms with Gasteiger partial charge < -0.3 is 0 Å². The molecule has 0 N–H and O–H groups in total. The summed E-state index contributed by atoms with van der Waals surface area (Å²) >= 11 is 0. The van der Waals surface area contributed by atoms with Crippen LogP contribution in [-0.4, -0.2) is 5.78 Å². The zero-order valence-corrected chi connectivity index (χ0v) is 10.9. The fourth-order valence-electron chi connectivity index (χ4n) is 2.59. The van der Waals surface area contributed by atoms with Crippen LogP contribution >= 0.6 is 0 Å². The van der Waals surface area contributed by atoms with Gasteiger partial charge in [0.2, 0.25) is 0 Å². The van der Waals surface area contributed by atoms with Crippen molar-refractivity contribution in [1.82, 2.24) is 0 Å². The molecule has 18 heavy (non-hydrogen) atoms. The van der Waals surface area contributed by atoms with Crippen molar-refractivity contribution < 1.29 is 4.79 Å². The summed E-state index contributed by atoms with van der Waals surface area (Å²) in [6.45, 7) is 6.24. The molecule has 2 aliphatic rings. The van der Waals surface area contributed by atoms with Crippen LogP contribution in [0.2, 0.25) is 0 Å². The van der Waals surface area contributed by atoms with Gasteiger partial charge >= 0.3 is 0 Å². The van der Waals surface area contributed by atoms with Gasteiger partial charge in [-0.15, -0.1) is 0 Å². The molecule has 0 aliphatic heterocycles. The minimum Gasteiger partial charge on any atom is -0.289 e. The Morgan fingerprint density at radius 1 is 0.944 bits per heavy atom. The lowest BCUT2D eigenvalue weighted by molar-refractivity contribution is -0.112. The highest BCUT2D eigenvalue weighted by Gasteiger charge is 2.32. The van der Waals surface area contributed by atoms with Crippen molar-refractivity contribution in [1.29, 1.82) is 0 Å². The van der Waals surface area contributed by atoms with Crippen molar-refractivity contribution in [3.63, 3.8) is 0 Å². The van der Waals surface area contributed by atoms with E-state index < -0.39 is 0 Å². The van der Waals surface area contributed by atoms with Gasteiger partial charge in [-0.2, -0.15) is 0 Å². The molecular formula is C17H16O. The van der Waals surface area contributed by atoms with Gasteiger partial charge in [-0.25, -0.2) is 0 Å². The molecule has 3 rings (SSSR count). The molecule has 2 aliphatic carbocycles. The Morgan fingerprint density at radius 3 is 2.39 bits per heavy atom. The summed E-state index contributed by atoms with van der Waals surface area (Å²) in [5.74, 6) is 0.177. The second-order valence-electron chi connectivity index (χ2n) is 5.89. The van der Waals surface area contributed by atoms with E-state index in [9.17, 15) is 4.79 Å². The van der Waals surface area contributed by atoms with E-state index in [-0.39, 0.29) is 11.2 Å². The van der Waals surface area contributed by atoms with Gasteiger partial charge in [0.15, 0.2) is 5.78 Å². The number of hydrogen-bond donors (Lipinski definition) is 0. The number of Topliss-reactive ketones (excluding diaryl/α,β-unsaturated/α-hetero) is 1. The van der Waals surface area contributed by atoms with Crippen molar-refractivity contribution in [2.75, 3.05) is 0 Å². The van der Waals surface area contributed by atoms with Gasteiger partial charge in [-0.1, -0.05) is 57.2 Å². The predicted octanol–water partition coefficient (Wildman–Crippen LogP) is 4.02. The summed E-state index contributed by atoms with van der Waals surface area (Å²) in [5.41, 5.74) is 5.03. The number of fused-ring (bicyclic) bond motifs is 3. The third-order valence-electron chi connectivity index (χ3n) is 3.55. The minimum absolute atomic E-state index is 0.102. The van der Waals surface area contributed by atoms with Crippen LogP contribution in [0.1, 0.15) is 31.9 Å². The number of ketones is 1. The molecule has 0 spiro atoms. The minimum atomic E-state index is -0.102. The quantitative estimate of drug-likeness (QED) is 0.665. The highest BCUT2D eigenvalue weighted by atomic mass is 16.1. The molecule has 1 aromatic rings. The van der Waals surface area contributed by atoms with Crippen molar-refractivity contribution in [2.45, 2.75) is 20.8 Å². The molecule has 0 saturated carbocycles. The maximum Gasteiger partial charge on any atom is 0.190 e. The number of rotatable bonds is 0. The Balaban J connectivity index is 2.16. The third kappa shape index (κ3) is 1.51. The third-order valence-corrected chi connectivity index (χ3v) is 3.55. The standard InChI is InChI=1S/C17H16O/c1-17(2,3)15-9-8-13-12-7-5-4-6-11(12)10-14(13)16(15)18/h4-10H,1-3H3. The molecule has 0 atom stereocenters. The number of hydrogen-bond acceptors (Lipinski definition) is 1. The predicted molar refractivity (Wildman–Crippen MR) is 74.9 cm³/mol. The highest BCUT2D eigenvalue weighted by Crippen LogP contribution is 2.42. The van der Waals surface area contributed by atoms with E-state index in [1.54, 1.807) is 0 Å². The van der Waals surface area contributed by atoms with Crippen molar-refractivity contribution in [3.8, 4) is 0 Å². The van der Waals surface area contributed by atoms with Gasteiger partial charge in [0.25, 0.3) is 0 Å². The number of benzene rings is 1. The van der Waals surface area contributed by atoms with Crippen LogP contribution in [0.15, 0.2) is 47.6 Å². The number of allylic oxidation sites excluding steroid dienone is 5. The molecule has 90 valence electrons. The normalized spacial score (nSPS) is 17.7. The fourth-order valence-corrected chi connectivity index (χ4v) is 2.59. The zero-order chi connectivity index (χ0) is 12.9. The average Bonchev–Trinajstić information content (AvgIpc) is 2.68. The first-order valence-electron chi connectivity index (χ1n) is 6.27. The molecule has 0 amide bonds. The van der Waals surface area contributed by atoms with Crippen LogP contribution in [0.4, 0.5) is 0 Å². The summed E-state index contributed by atoms with van der Waals surface area (Å²) in [5, 5.41) is 0. The molecule has 0 fully saturated rings. The van der Waals surface area contributed by atoms with Gasteiger partial charge in [0, 0.05) is 11.1 Å². The summed E-state index contributed by atoms with van der Waals surface area (Å²) in [6, 6.07) is 8.17. The van der Waals surface area contributed by atoms with E-state index in [4.69, 9.17) is 0 Å². The van der Waals surface area contributed by atoms with Crippen molar-refractivity contribution in [2.24, 2.45) is 5.41 Å². The van der Waals surface area contributed by atoms with Crippen molar-refractivity contribution >= 4 is 17.4 Å². The Bertz CT molecular complexity index is 634. The SMILES string of the molecule is CC(C)(C)C1=CC=C2C(=Cc3ccccc32)C1=O. The maximum atomic E-state index is 12.5. The monoisotopic (exact) mass is 236 g/mol. The molecule has 0 bridgehead atoms. The first-order valence-corrected chi connectivity index (χ1v) is 6.27. The second-order valence-corrected chi connectivity index (χ2v) is 5.89. The summed E-state index contributed by atoms with van der Waals surface area (Å²) in [6.07, 6.45) is 6.08. The van der Waals surface area contributed by atoms with Crippen LogP contribution in [0.5, 0.6) is 0 Å². The molecule has 1 nitrogen and oxygen atoms in total. The van der Waals surface area contributed by atoms with E-state index in [0.717, 1.165) is 22.3 Å². The van der Waals surface area contributed by atoms with E-state index in [1.165, 1.54) is 5.56 Å². The van der Waals surface area contributed by atoms with Crippen LogP contribution in [-0.2, 0) is 4.79 Å². The van der Waals surface area contributed by atoms with E-state index in [0.29, 0.717) is 0 Å². The van der Waals surface area contributed by atoms with Crippen LogP contribution in [0.3, 0.4) is 0 Å². The first kappa shape index (κ1) is 11.2. The van der Waals surface area contributed by atoms with E-state index in [2.05, 4.69) is 39.0 Å². The zero-order valence-electron chi connectivity index (χ0n) is 10.9. The summed E-state index contributed by atoms with van der Waals surface area (Å²) < 4.78 is 0. The molecule has 0 unspecified atom stereocenters. The lowest BCUT2D eigenvalue weighted by atomic mass is 9.78. The van der Waals surface area contributed by atoms with Gasteiger partial charge in [-0.05, 0) is 28.2 Å². The van der Waals surface area contributed by atoms with Crippen LogP contribution in [0.25, 0.3) is 11.6 Å². The summed E-state index contributed by atoms with van der Waals surface area (Å²) in [7, 11) is 0. The topological polar surface area (TPSA) is 17.1 Å². The number of carbonyl (C=O) groups is 1. The van der Waals surface area contributed by atoms with E-state index >= 15 is 0 Å². The molecule has 0 radical (unpaired) electrons. The molecular weight excluding hydrogens is 220 g/mol. The van der Waals surface area contributed by atoms with Gasteiger partial charge in [0.05, 0.1) is 0 Å². The molecule has 0 aromatic heterocycles. The lowest BCUT2D eigenvalue weighted by Gasteiger charge is -2.25. The Hall–Kier alpha value is -1.89. The molecule has 1 aromatic carbocycles. The maximum absolute atomic E-state index is 12.5. The van der Waals surface area contributed by atoms with Gasteiger partial charge in [-0.3, -0.25) is 4.79 Å². The Morgan fingerprint density at radius 2 is 1.67 bits per heavy atom. The Kier molecular flexibility index (Phi) is 2.21. The second kappa shape index (κ2) is 3.55. The van der Waals surface area contributed by atoms with Crippen LogP contribution < -0.4 is 0 Å². The summed E-state index contributed by atoms with van der Waals surface area (Å²) in [4.78, 5) is 12.5. The molecule has 0 saturated heterocycles.